The molecule has 3 rings (SSSR count). The number of carbonyl (C=O) groups excluding carboxylic acids is 1. The summed E-state index contributed by atoms with van der Waals surface area (Å²) in [5.74, 6) is -2.16. The van der Waals surface area contributed by atoms with Crippen LogP contribution >= 0.6 is 0 Å². The molecular weight excluding hydrogens is 392 g/mol. The summed E-state index contributed by atoms with van der Waals surface area (Å²) in [6.45, 7) is 0.498. The monoisotopic (exact) mass is 410 g/mol. The Balaban J connectivity index is 1.76. The minimum Gasteiger partial charge on any atom is -0.373 e. The summed E-state index contributed by atoms with van der Waals surface area (Å²) >= 11 is 0. The van der Waals surface area contributed by atoms with Crippen LogP contribution in [0.5, 0.6) is 0 Å². The molecule has 0 saturated carbocycles. The summed E-state index contributed by atoms with van der Waals surface area (Å²) in [7, 11) is 0. The molecule has 154 valence electrons. The van der Waals surface area contributed by atoms with Crippen molar-refractivity contribution in [2.75, 3.05) is 13.1 Å². The number of rotatable bonds is 3. The fourth-order valence-corrected chi connectivity index (χ4v) is 3.38. The van der Waals surface area contributed by atoms with E-state index in [-0.39, 0.29) is 30.3 Å². The zero-order valence-corrected chi connectivity index (χ0v) is 15.4. The maximum atomic E-state index is 14.4. The van der Waals surface area contributed by atoms with Gasteiger partial charge in [0.1, 0.15) is 11.5 Å². The standard InChI is InChI=1S/C19H18F4N4O2/c1-18(29,19(21,22)23)17(28)26-8-5-13(6-9-26)15-4-7-25-27(15)16-3-2-12(11-24)10-14(16)20/h2-4,7,10,13,29H,5-6,8-9H2,1H3. The van der Waals surface area contributed by atoms with Crippen LogP contribution in [0.4, 0.5) is 17.6 Å². The number of benzene rings is 1. The first-order valence-electron chi connectivity index (χ1n) is 8.88. The van der Waals surface area contributed by atoms with E-state index >= 15 is 0 Å². The van der Waals surface area contributed by atoms with E-state index in [9.17, 15) is 27.5 Å². The van der Waals surface area contributed by atoms with Crippen molar-refractivity contribution < 1.29 is 27.5 Å². The van der Waals surface area contributed by atoms with Crippen molar-refractivity contribution in [3.8, 4) is 11.8 Å². The molecule has 6 nitrogen and oxygen atoms in total. The molecule has 10 heteroatoms. The second-order valence-corrected chi connectivity index (χ2v) is 7.08. The summed E-state index contributed by atoms with van der Waals surface area (Å²) in [5, 5.41) is 22.6. The number of alkyl halides is 3. The molecule has 1 atom stereocenters. The number of aromatic nitrogens is 2. The Hall–Kier alpha value is -2.93. The van der Waals surface area contributed by atoms with Gasteiger partial charge in [0.15, 0.2) is 0 Å². The average Bonchev–Trinajstić information content (AvgIpc) is 3.16. The first-order valence-corrected chi connectivity index (χ1v) is 8.88. The molecule has 1 aliphatic rings. The van der Waals surface area contributed by atoms with E-state index in [1.54, 1.807) is 6.07 Å². The topological polar surface area (TPSA) is 82.2 Å². The molecule has 0 aliphatic carbocycles. The molecule has 0 radical (unpaired) electrons. The van der Waals surface area contributed by atoms with Gasteiger partial charge in [-0.15, -0.1) is 0 Å². The van der Waals surface area contributed by atoms with Crippen LogP contribution in [-0.4, -0.2) is 50.6 Å². The Morgan fingerprint density at radius 1 is 1.28 bits per heavy atom. The molecule has 29 heavy (non-hydrogen) atoms. The van der Waals surface area contributed by atoms with Crippen molar-refractivity contribution >= 4 is 5.91 Å². The third-order valence-corrected chi connectivity index (χ3v) is 5.15. The first-order chi connectivity index (χ1) is 13.6. The molecule has 1 aromatic heterocycles. The lowest BCUT2D eigenvalue weighted by atomic mass is 9.92. The van der Waals surface area contributed by atoms with Crippen LogP contribution in [0.25, 0.3) is 5.69 Å². The molecule has 0 bridgehead atoms. The van der Waals surface area contributed by atoms with E-state index in [1.165, 1.54) is 23.0 Å². The lowest BCUT2D eigenvalue weighted by Crippen LogP contribution is -2.57. The highest BCUT2D eigenvalue weighted by Crippen LogP contribution is 2.35. The Morgan fingerprint density at radius 3 is 2.48 bits per heavy atom. The fourth-order valence-electron chi connectivity index (χ4n) is 3.38. The number of amides is 1. The summed E-state index contributed by atoms with van der Waals surface area (Å²) in [6, 6.07) is 7.53. The molecule has 1 unspecified atom stereocenters. The number of piperidine rings is 1. The van der Waals surface area contributed by atoms with Crippen LogP contribution in [0.2, 0.25) is 0 Å². The normalized spacial score (nSPS) is 17.6. The molecule has 2 aromatic rings. The number of hydrogen-bond acceptors (Lipinski definition) is 4. The van der Waals surface area contributed by atoms with Gasteiger partial charge in [-0.1, -0.05) is 0 Å². The van der Waals surface area contributed by atoms with E-state index in [2.05, 4.69) is 5.10 Å². The number of halogens is 4. The maximum absolute atomic E-state index is 14.4. The Labute approximate surface area is 164 Å². The van der Waals surface area contributed by atoms with Gasteiger partial charge in [-0.2, -0.15) is 23.5 Å². The predicted octanol–water partition coefficient (Wildman–Crippen LogP) is 2.90. The third-order valence-electron chi connectivity index (χ3n) is 5.15. The molecule has 2 heterocycles. The van der Waals surface area contributed by atoms with E-state index in [0.29, 0.717) is 25.5 Å². The molecular formula is C19H18F4N4O2. The molecule has 0 spiro atoms. The minimum absolute atomic E-state index is 0.0246. The second kappa shape index (κ2) is 7.48. The maximum Gasteiger partial charge on any atom is 0.426 e. The number of aliphatic hydroxyl groups is 1. The molecule has 1 aromatic carbocycles. The lowest BCUT2D eigenvalue weighted by molar-refractivity contribution is -0.250. The van der Waals surface area contributed by atoms with Crippen LogP contribution < -0.4 is 0 Å². The zero-order chi connectivity index (χ0) is 21.4. The van der Waals surface area contributed by atoms with Crippen LogP contribution in [0, 0.1) is 17.1 Å². The summed E-state index contributed by atoms with van der Waals surface area (Å²) in [6.07, 6.45) is -2.90. The Kier molecular flexibility index (Phi) is 5.36. The number of hydrogen-bond donors (Lipinski definition) is 1. The third kappa shape index (κ3) is 3.82. The molecule has 1 aliphatic heterocycles. The molecule has 1 N–H and O–H groups in total. The second-order valence-electron chi connectivity index (χ2n) is 7.08. The van der Waals surface area contributed by atoms with Crippen LogP contribution in [0.3, 0.4) is 0 Å². The summed E-state index contributed by atoms with van der Waals surface area (Å²) in [4.78, 5) is 13.1. The SMILES string of the molecule is CC(O)(C(=O)N1CCC(c2ccnn2-c2ccc(C#N)cc2F)CC1)C(F)(F)F. The predicted molar refractivity (Wildman–Crippen MR) is 93.5 cm³/mol. The smallest absolute Gasteiger partial charge is 0.373 e. The Bertz CT molecular complexity index is 954. The Morgan fingerprint density at radius 2 is 1.93 bits per heavy atom. The van der Waals surface area contributed by atoms with Gasteiger partial charge in [0.25, 0.3) is 5.91 Å². The quantitative estimate of drug-likeness (QED) is 0.789. The number of carbonyl (C=O) groups is 1. The number of likely N-dealkylation sites (tertiary alicyclic amines) is 1. The fraction of sp³-hybridized carbons (Fsp3) is 0.421. The van der Waals surface area contributed by atoms with Gasteiger partial charge >= 0.3 is 6.18 Å². The van der Waals surface area contributed by atoms with Gasteiger partial charge in [-0.05, 0) is 44.0 Å². The van der Waals surface area contributed by atoms with Gasteiger partial charge in [-0.3, -0.25) is 4.79 Å². The zero-order valence-electron chi connectivity index (χ0n) is 15.4. The van der Waals surface area contributed by atoms with E-state index in [1.807, 2.05) is 6.07 Å². The first kappa shape index (κ1) is 20.8. The van der Waals surface area contributed by atoms with E-state index in [0.717, 1.165) is 11.0 Å². The minimum atomic E-state index is -5.06. The highest BCUT2D eigenvalue weighted by Gasteiger charge is 2.57. The van der Waals surface area contributed by atoms with Gasteiger partial charge in [0.2, 0.25) is 5.60 Å². The molecule has 1 saturated heterocycles. The van der Waals surface area contributed by atoms with Gasteiger partial charge in [0, 0.05) is 30.9 Å². The van der Waals surface area contributed by atoms with Crippen molar-refractivity contribution in [2.24, 2.45) is 0 Å². The lowest BCUT2D eigenvalue weighted by Gasteiger charge is -2.36. The largest absolute Gasteiger partial charge is 0.426 e. The summed E-state index contributed by atoms with van der Waals surface area (Å²) in [5.41, 5.74) is -2.46. The van der Waals surface area contributed by atoms with Gasteiger partial charge in [-0.25, -0.2) is 9.07 Å². The summed E-state index contributed by atoms with van der Waals surface area (Å²) < 4.78 is 54.5. The highest BCUT2D eigenvalue weighted by molar-refractivity contribution is 5.85. The number of nitriles is 1. The van der Waals surface area contributed by atoms with Crippen molar-refractivity contribution in [3.63, 3.8) is 0 Å². The van der Waals surface area contributed by atoms with Crippen LogP contribution in [-0.2, 0) is 4.79 Å². The van der Waals surface area contributed by atoms with Crippen molar-refractivity contribution in [1.29, 1.82) is 5.26 Å². The van der Waals surface area contributed by atoms with Crippen LogP contribution in [0.1, 0.15) is 36.9 Å². The van der Waals surface area contributed by atoms with Crippen molar-refractivity contribution in [2.45, 2.75) is 37.5 Å². The molecule has 1 fully saturated rings. The van der Waals surface area contributed by atoms with Crippen molar-refractivity contribution in [3.05, 3.63) is 47.5 Å². The van der Waals surface area contributed by atoms with Gasteiger partial charge in [0.05, 0.1) is 11.6 Å². The van der Waals surface area contributed by atoms with Crippen molar-refractivity contribution in [1.82, 2.24) is 14.7 Å². The molecule has 1 amide bonds. The van der Waals surface area contributed by atoms with E-state index in [4.69, 9.17) is 5.26 Å². The van der Waals surface area contributed by atoms with Gasteiger partial charge < -0.3 is 10.0 Å². The van der Waals surface area contributed by atoms with Crippen LogP contribution in [0.15, 0.2) is 30.5 Å². The van der Waals surface area contributed by atoms with E-state index < -0.39 is 23.5 Å². The average molecular weight is 410 g/mol. The highest BCUT2D eigenvalue weighted by atomic mass is 19.4. The number of nitrogens with zero attached hydrogens (tertiary/aromatic N) is 4.